The van der Waals surface area contributed by atoms with Crippen LogP contribution in [0.15, 0.2) is 36.7 Å². The standard InChI is InChI=1S/C15H16N2O3/c18-14(17-8-9-3-5-16-6-4-9)12-10-1-2-11(7-10)13(12)15(19)20/h1-6,10-13H,7-8H2,(H,17,18)(H,19,20)/t10-,11-,12+,13-/m0/s1. The lowest BCUT2D eigenvalue weighted by atomic mass is 9.82. The number of nitrogens with zero attached hydrogens (tertiary/aromatic N) is 1. The molecule has 1 fully saturated rings. The van der Waals surface area contributed by atoms with Crippen LogP contribution < -0.4 is 5.32 Å². The smallest absolute Gasteiger partial charge is 0.307 e. The fourth-order valence-corrected chi connectivity index (χ4v) is 3.32. The Bertz CT molecular complexity index is 555. The van der Waals surface area contributed by atoms with E-state index in [9.17, 15) is 14.7 Å². The number of carbonyl (C=O) groups excluding carboxylic acids is 1. The van der Waals surface area contributed by atoms with Gasteiger partial charge in [0.1, 0.15) is 0 Å². The maximum absolute atomic E-state index is 12.3. The molecule has 1 aromatic rings. The van der Waals surface area contributed by atoms with E-state index in [-0.39, 0.29) is 17.7 Å². The minimum atomic E-state index is -0.870. The summed E-state index contributed by atoms with van der Waals surface area (Å²) in [6.45, 7) is 0.408. The number of hydrogen-bond donors (Lipinski definition) is 2. The lowest BCUT2D eigenvalue weighted by Gasteiger charge is -2.23. The van der Waals surface area contributed by atoms with Gasteiger partial charge in [-0.2, -0.15) is 0 Å². The second kappa shape index (κ2) is 5.07. The minimum Gasteiger partial charge on any atom is -0.481 e. The van der Waals surface area contributed by atoms with E-state index in [4.69, 9.17) is 0 Å². The lowest BCUT2D eigenvalue weighted by Crippen LogP contribution is -2.39. The van der Waals surface area contributed by atoms with E-state index in [1.807, 2.05) is 24.3 Å². The molecule has 0 unspecified atom stereocenters. The van der Waals surface area contributed by atoms with Gasteiger partial charge >= 0.3 is 5.97 Å². The minimum absolute atomic E-state index is 0.00850. The van der Waals surface area contributed by atoms with Gasteiger partial charge in [0.15, 0.2) is 0 Å². The summed E-state index contributed by atoms with van der Waals surface area (Å²) >= 11 is 0. The van der Waals surface area contributed by atoms with Crippen molar-refractivity contribution in [3.63, 3.8) is 0 Å². The van der Waals surface area contributed by atoms with Gasteiger partial charge in [-0.25, -0.2) is 0 Å². The predicted octanol–water partition coefficient (Wildman–Crippen LogP) is 1.22. The number of nitrogens with one attached hydrogen (secondary N) is 1. The number of hydrogen-bond acceptors (Lipinski definition) is 3. The molecule has 2 aliphatic rings. The normalized spacial score (nSPS) is 30.4. The van der Waals surface area contributed by atoms with Crippen LogP contribution in [0.4, 0.5) is 0 Å². The summed E-state index contributed by atoms with van der Waals surface area (Å²) in [5.74, 6) is -1.98. The molecule has 20 heavy (non-hydrogen) atoms. The molecule has 2 N–H and O–H groups in total. The third kappa shape index (κ3) is 2.19. The van der Waals surface area contributed by atoms with E-state index in [0.29, 0.717) is 6.54 Å². The van der Waals surface area contributed by atoms with E-state index < -0.39 is 17.8 Å². The molecule has 0 aliphatic heterocycles. The van der Waals surface area contributed by atoms with E-state index in [2.05, 4.69) is 10.3 Å². The van der Waals surface area contributed by atoms with Crippen molar-refractivity contribution in [2.75, 3.05) is 0 Å². The van der Waals surface area contributed by atoms with Gasteiger partial charge in [-0.3, -0.25) is 14.6 Å². The van der Waals surface area contributed by atoms with Gasteiger partial charge in [-0.1, -0.05) is 12.2 Å². The number of allylic oxidation sites excluding steroid dienone is 2. The Kier molecular flexibility index (Phi) is 3.26. The number of amides is 1. The van der Waals surface area contributed by atoms with Crippen molar-refractivity contribution in [2.24, 2.45) is 23.7 Å². The fraction of sp³-hybridized carbons (Fsp3) is 0.400. The number of pyridine rings is 1. The Hall–Kier alpha value is -2.17. The third-order valence-corrected chi connectivity index (χ3v) is 4.26. The maximum atomic E-state index is 12.3. The van der Waals surface area contributed by atoms with Crippen molar-refractivity contribution in [1.29, 1.82) is 0 Å². The first-order valence-electron chi connectivity index (χ1n) is 6.74. The van der Waals surface area contributed by atoms with E-state index >= 15 is 0 Å². The Morgan fingerprint density at radius 3 is 2.50 bits per heavy atom. The zero-order valence-electron chi connectivity index (χ0n) is 10.9. The molecule has 1 aromatic heterocycles. The molecule has 2 aliphatic carbocycles. The van der Waals surface area contributed by atoms with Crippen LogP contribution in [0.5, 0.6) is 0 Å². The Morgan fingerprint density at radius 1 is 1.20 bits per heavy atom. The molecule has 0 radical (unpaired) electrons. The Balaban J connectivity index is 1.68. The van der Waals surface area contributed by atoms with Crippen LogP contribution in [0.3, 0.4) is 0 Å². The largest absolute Gasteiger partial charge is 0.481 e. The first-order chi connectivity index (χ1) is 9.66. The highest BCUT2D eigenvalue weighted by Gasteiger charge is 2.51. The zero-order valence-corrected chi connectivity index (χ0v) is 10.9. The second-order valence-electron chi connectivity index (χ2n) is 5.41. The highest BCUT2D eigenvalue weighted by atomic mass is 16.4. The second-order valence-corrected chi connectivity index (χ2v) is 5.41. The van der Waals surface area contributed by atoms with Crippen LogP contribution in [0.2, 0.25) is 0 Å². The number of fused-ring (bicyclic) bond motifs is 2. The molecule has 1 amide bonds. The maximum Gasteiger partial charge on any atom is 0.307 e. The van der Waals surface area contributed by atoms with Crippen molar-refractivity contribution in [3.8, 4) is 0 Å². The third-order valence-electron chi connectivity index (χ3n) is 4.26. The summed E-state index contributed by atoms with van der Waals surface area (Å²) < 4.78 is 0. The van der Waals surface area contributed by atoms with Crippen LogP contribution >= 0.6 is 0 Å². The number of carboxylic acid groups (broad SMARTS) is 1. The fourth-order valence-electron chi connectivity index (χ4n) is 3.32. The molecule has 4 atom stereocenters. The van der Waals surface area contributed by atoms with E-state index in [0.717, 1.165) is 12.0 Å². The van der Waals surface area contributed by atoms with Crippen LogP contribution in [0.1, 0.15) is 12.0 Å². The average molecular weight is 272 g/mol. The van der Waals surface area contributed by atoms with Crippen LogP contribution in [0, 0.1) is 23.7 Å². The van der Waals surface area contributed by atoms with Gasteiger partial charge < -0.3 is 10.4 Å². The van der Waals surface area contributed by atoms with Gasteiger partial charge in [0, 0.05) is 18.9 Å². The summed E-state index contributed by atoms with van der Waals surface area (Å²) in [6, 6.07) is 3.66. The first kappa shape index (κ1) is 12.8. The van der Waals surface area contributed by atoms with Crippen LogP contribution in [0.25, 0.3) is 0 Å². The molecule has 104 valence electrons. The molecule has 1 saturated carbocycles. The first-order valence-corrected chi connectivity index (χ1v) is 6.74. The predicted molar refractivity (Wildman–Crippen MR) is 71.4 cm³/mol. The van der Waals surface area contributed by atoms with Crippen molar-refractivity contribution in [2.45, 2.75) is 13.0 Å². The van der Waals surface area contributed by atoms with Crippen LogP contribution in [-0.2, 0) is 16.1 Å². The molecular formula is C15H16N2O3. The number of carboxylic acids is 1. The molecular weight excluding hydrogens is 256 g/mol. The molecule has 3 rings (SSSR count). The Morgan fingerprint density at radius 2 is 1.85 bits per heavy atom. The van der Waals surface area contributed by atoms with Crippen molar-refractivity contribution >= 4 is 11.9 Å². The number of aromatic nitrogens is 1. The van der Waals surface area contributed by atoms with E-state index in [1.54, 1.807) is 12.4 Å². The molecule has 0 saturated heterocycles. The molecule has 2 bridgehead atoms. The van der Waals surface area contributed by atoms with Crippen molar-refractivity contribution < 1.29 is 14.7 Å². The zero-order chi connectivity index (χ0) is 14.1. The molecule has 1 heterocycles. The molecule has 0 aromatic carbocycles. The number of rotatable bonds is 4. The van der Waals surface area contributed by atoms with Crippen LogP contribution in [-0.4, -0.2) is 22.0 Å². The molecule has 5 nitrogen and oxygen atoms in total. The summed E-state index contributed by atoms with van der Waals surface area (Å²) in [5.41, 5.74) is 0.957. The van der Waals surface area contributed by atoms with Gasteiger partial charge in [-0.05, 0) is 36.0 Å². The molecule has 5 heteroatoms. The summed E-state index contributed by atoms with van der Waals surface area (Å²) in [6.07, 6.45) is 8.05. The Labute approximate surface area is 116 Å². The van der Waals surface area contributed by atoms with E-state index in [1.165, 1.54) is 0 Å². The van der Waals surface area contributed by atoms with Crippen molar-refractivity contribution in [3.05, 3.63) is 42.2 Å². The van der Waals surface area contributed by atoms with Gasteiger partial charge in [0.2, 0.25) is 5.91 Å². The molecule has 0 spiro atoms. The number of aliphatic carboxylic acids is 1. The summed E-state index contributed by atoms with van der Waals surface area (Å²) in [4.78, 5) is 27.6. The topological polar surface area (TPSA) is 79.3 Å². The summed E-state index contributed by atoms with van der Waals surface area (Å²) in [5, 5.41) is 12.2. The quantitative estimate of drug-likeness (QED) is 0.808. The number of carbonyl (C=O) groups is 2. The van der Waals surface area contributed by atoms with Gasteiger partial charge in [0.05, 0.1) is 11.8 Å². The van der Waals surface area contributed by atoms with Crippen molar-refractivity contribution in [1.82, 2.24) is 10.3 Å². The van der Waals surface area contributed by atoms with Gasteiger partial charge in [-0.15, -0.1) is 0 Å². The summed E-state index contributed by atoms with van der Waals surface area (Å²) in [7, 11) is 0. The monoisotopic (exact) mass is 272 g/mol. The highest BCUT2D eigenvalue weighted by Crippen LogP contribution is 2.48. The highest BCUT2D eigenvalue weighted by molar-refractivity contribution is 5.86. The lowest BCUT2D eigenvalue weighted by molar-refractivity contribution is -0.147. The average Bonchev–Trinajstić information content (AvgIpc) is 3.06. The SMILES string of the molecule is O=C(O)[C@@H]1[C@H](C(=O)NCc2ccncc2)[C@H]2C=C[C@H]1C2. The van der Waals surface area contributed by atoms with Gasteiger partial charge in [0.25, 0.3) is 0 Å².